The van der Waals surface area contributed by atoms with Crippen LogP contribution in [0.2, 0.25) is 0 Å². The van der Waals surface area contributed by atoms with Gasteiger partial charge in [-0.05, 0) is 18.2 Å². The number of hydrogen-bond donors (Lipinski definition) is 1. The Morgan fingerprint density at radius 1 is 1.24 bits per heavy atom. The van der Waals surface area contributed by atoms with Gasteiger partial charge in [-0.15, -0.1) is 10.2 Å². The van der Waals surface area contributed by atoms with Crippen LogP contribution in [0.1, 0.15) is 5.89 Å². The van der Waals surface area contributed by atoms with E-state index in [-0.39, 0.29) is 40.8 Å². The van der Waals surface area contributed by atoms with E-state index in [2.05, 4.69) is 15.5 Å². The lowest BCUT2D eigenvalue weighted by Gasteiger charge is -2.07. The standard InChI is InChI=1S/C18H16N4O6S/c1-26-15-9-12(7-8-14(15)22(24)25)19-16(23)11-29-18-21-20-17(28-18)10-27-13-5-3-2-4-6-13/h2-9H,10-11H2,1H3,(H,19,23). The van der Waals surface area contributed by atoms with E-state index < -0.39 is 4.92 Å². The van der Waals surface area contributed by atoms with E-state index in [1.807, 2.05) is 30.3 Å². The zero-order valence-electron chi connectivity index (χ0n) is 15.2. The van der Waals surface area contributed by atoms with Gasteiger partial charge in [0, 0.05) is 17.8 Å². The van der Waals surface area contributed by atoms with Gasteiger partial charge < -0.3 is 19.2 Å². The number of nitrogens with one attached hydrogen (secondary N) is 1. The predicted molar refractivity (Wildman–Crippen MR) is 104 cm³/mol. The van der Waals surface area contributed by atoms with Crippen LogP contribution < -0.4 is 14.8 Å². The van der Waals surface area contributed by atoms with Crippen LogP contribution in [0, 0.1) is 10.1 Å². The quantitative estimate of drug-likeness (QED) is 0.317. The maximum atomic E-state index is 12.1. The second kappa shape index (κ2) is 9.55. The third kappa shape index (κ3) is 5.69. The summed E-state index contributed by atoms with van der Waals surface area (Å²) in [6.07, 6.45) is 0. The number of anilines is 1. The number of thioether (sulfide) groups is 1. The van der Waals surface area contributed by atoms with Crippen molar-refractivity contribution >= 4 is 29.0 Å². The van der Waals surface area contributed by atoms with E-state index >= 15 is 0 Å². The zero-order chi connectivity index (χ0) is 20.6. The lowest BCUT2D eigenvalue weighted by molar-refractivity contribution is -0.385. The highest BCUT2D eigenvalue weighted by atomic mass is 32.2. The molecule has 1 aromatic heterocycles. The van der Waals surface area contributed by atoms with Crippen molar-refractivity contribution in [3.8, 4) is 11.5 Å². The van der Waals surface area contributed by atoms with E-state index in [0.29, 0.717) is 11.4 Å². The van der Waals surface area contributed by atoms with Crippen molar-refractivity contribution in [2.75, 3.05) is 18.2 Å². The average Bonchev–Trinajstić information content (AvgIpc) is 3.19. The molecule has 150 valence electrons. The van der Waals surface area contributed by atoms with Crippen molar-refractivity contribution in [1.82, 2.24) is 10.2 Å². The summed E-state index contributed by atoms with van der Waals surface area (Å²) in [4.78, 5) is 22.4. The number of nitrogens with zero attached hydrogens (tertiary/aromatic N) is 3. The Morgan fingerprint density at radius 2 is 2.03 bits per heavy atom. The first-order valence-electron chi connectivity index (χ1n) is 8.30. The molecule has 2 aromatic carbocycles. The predicted octanol–water partition coefficient (Wildman–Crippen LogP) is 3.30. The van der Waals surface area contributed by atoms with Gasteiger partial charge in [0.05, 0.1) is 17.8 Å². The molecular weight excluding hydrogens is 400 g/mol. The van der Waals surface area contributed by atoms with Crippen molar-refractivity contribution in [3.05, 3.63) is 64.5 Å². The van der Waals surface area contributed by atoms with Crippen LogP contribution in [0.4, 0.5) is 11.4 Å². The van der Waals surface area contributed by atoms with Gasteiger partial charge in [-0.25, -0.2) is 0 Å². The molecule has 0 atom stereocenters. The highest BCUT2D eigenvalue weighted by Gasteiger charge is 2.16. The number of nitro benzene ring substituents is 1. The molecule has 29 heavy (non-hydrogen) atoms. The second-order valence-corrected chi connectivity index (χ2v) is 6.47. The minimum atomic E-state index is -0.561. The van der Waals surface area contributed by atoms with Crippen molar-refractivity contribution < 1.29 is 23.6 Å². The molecule has 0 bridgehead atoms. The highest BCUT2D eigenvalue weighted by Crippen LogP contribution is 2.29. The van der Waals surface area contributed by atoms with Crippen molar-refractivity contribution in [2.45, 2.75) is 11.8 Å². The van der Waals surface area contributed by atoms with Gasteiger partial charge in [0.25, 0.3) is 11.1 Å². The summed E-state index contributed by atoms with van der Waals surface area (Å²) in [6.45, 7) is 0.117. The van der Waals surface area contributed by atoms with Crippen LogP contribution in [-0.2, 0) is 11.4 Å². The number of hydrogen-bond acceptors (Lipinski definition) is 9. The number of benzene rings is 2. The second-order valence-electron chi connectivity index (χ2n) is 5.54. The van der Waals surface area contributed by atoms with Crippen LogP contribution >= 0.6 is 11.8 Å². The van der Waals surface area contributed by atoms with Crippen LogP contribution in [0.25, 0.3) is 0 Å². The minimum Gasteiger partial charge on any atom is -0.490 e. The Labute approximate surface area is 169 Å². The summed E-state index contributed by atoms with van der Waals surface area (Å²) in [6, 6.07) is 13.3. The summed E-state index contributed by atoms with van der Waals surface area (Å²) in [5.41, 5.74) is 0.191. The number of methoxy groups -OCH3 is 1. The lowest BCUT2D eigenvalue weighted by Crippen LogP contribution is -2.14. The van der Waals surface area contributed by atoms with E-state index in [9.17, 15) is 14.9 Å². The van der Waals surface area contributed by atoms with Crippen LogP contribution in [0.15, 0.2) is 58.2 Å². The normalized spacial score (nSPS) is 10.4. The Hall–Kier alpha value is -3.60. The van der Waals surface area contributed by atoms with Crippen LogP contribution in [0.3, 0.4) is 0 Å². The fourth-order valence-corrected chi connectivity index (χ4v) is 2.83. The molecule has 1 amide bonds. The number of amides is 1. The Balaban J connectivity index is 1.49. The average molecular weight is 416 g/mol. The fourth-order valence-electron chi connectivity index (χ4n) is 2.25. The molecule has 0 saturated carbocycles. The smallest absolute Gasteiger partial charge is 0.311 e. The number of nitro groups is 1. The third-order valence-corrected chi connectivity index (χ3v) is 4.36. The molecule has 0 aliphatic carbocycles. The minimum absolute atomic E-state index is 0.0144. The molecule has 0 fully saturated rings. The third-order valence-electron chi connectivity index (χ3n) is 3.54. The zero-order valence-corrected chi connectivity index (χ0v) is 16.0. The highest BCUT2D eigenvalue weighted by molar-refractivity contribution is 7.99. The molecule has 0 unspecified atom stereocenters. The molecule has 11 heteroatoms. The van der Waals surface area contributed by atoms with Crippen LogP contribution in [0.5, 0.6) is 11.5 Å². The SMILES string of the molecule is COc1cc(NC(=O)CSc2nnc(COc3ccccc3)o2)ccc1[N+](=O)[O-]. The molecule has 3 rings (SSSR count). The molecule has 0 radical (unpaired) electrons. The molecule has 3 aromatic rings. The lowest BCUT2D eigenvalue weighted by atomic mass is 10.2. The topological polar surface area (TPSA) is 130 Å². The van der Waals surface area contributed by atoms with Crippen molar-refractivity contribution in [3.63, 3.8) is 0 Å². The number of aromatic nitrogens is 2. The number of para-hydroxylation sites is 1. The molecule has 0 spiro atoms. The van der Waals surface area contributed by atoms with Crippen molar-refractivity contribution in [2.24, 2.45) is 0 Å². The number of ether oxygens (including phenoxy) is 2. The first-order chi connectivity index (χ1) is 14.0. The van der Waals surface area contributed by atoms with Gasteiger partial charge in [-0.3, -0.25) is 14.9 Å². The van der Waals surface area contributed by atoms with Gasteiger partial charge in [-0.1, -0.05) is 30.0 Å². The number of carbonyl (C=O) groups is 1. The Bertz CT molecular complexity index is 995. The Morgan fingerprint density at radius 3 is 2.76 bits per heavy atom. The van der Waals surface area contributed by atoms with E-state index in [1.165, 1.54) is 25.3 Å². The molecule has 0 saturated heterocycles. The van der Waals surface area contributed by atoms with Gasteiger partial charge in [0.2, 0.25) is 5.91 Å². The summed E-state index contributed by atoms with van der Waals surface area (Å²) >= 11 is 1.06. The first-order valence-corrected chi connectivity index (χ1v) is 9.29. The summed E-state index contributed by atoms with van der Waals surface area (Å²) in [5, 5.41) is 21.5. The molecule has 0 aliphatic rings. The Kier molecular flexibility index (Phi) is 6.63. The maximum Gasteiger partial charge on any atom is 0.311 e. The maximum absolute atomic E-state index is 12.1. The van der Waals surface area contributed by atoms with Gasteiger partial charge in [0.15, 0.2) is 12.4 Å². The molecular formula is C18H16N4O6S. The monoisotopic (exact) mass is 416 g/mol. The molecule has 0 aliphatic heterocycles. The summed E-state index contributed by atoms with van der Waals surface area (Å²) in [5.74, 6) is 0.696. The van der Waals surface area contributed by atoms with E-state index in [1.54, 1.807) is 0 Å². The first kappa shape index (κ1) is 20.1. The number of rotatable bonds is 9. The van der Waals surface area contributed by atoms with E-state index in [4.69, 9.17) is 13.9 Å². The fraction of sp³-hybridized carbons (Fsp3) is 0.167. The molecule has 1 heterocycles. The van der Waals surface area contributed by atoms with Crippen molar-refractivity contribution in [1.29, 1.82) is 0 Å². The number of carbonyl (C=O) groups excluding carboxylic acids is 1. The molecule has 1 N–H and O–H groups in total. The summed E-state index contributed by atoms with van der Waals surface area (Å²) in [7, 11) is 1.32. The van der Waals surface area contributed by atoms with Gasteiger partial charge in [0.1, 0.15) is 5.75 Å². The summed E-state index contributed by atoms with van der Waals surface area (Å²) < 4.78 is 15.9. The van der Waals surface area contributed by atoms with Gasteiger partial charge >= 0.3 is 5.69 Å². The largest absolute Gasteiger partial charge is 0.490 e. The van der Waals surface area contributed by atoms with Gasteiger partial charge in [-0.2, -0.15) is 0 Å². The molecule has 10 nitrogen and oxygen atoms in total. The van der Waals surface area contributed by atoms with Crippen LogP contribution in [-0.4, -0.2) is 33.9 Å². The van der Waals surface area contributed by atoms with E-state index in [0.717, 1.165) is 11.8 Å².